The van der Waals surface area contributed by atoms with Crippen molar-refractivity contribution in [2.45, 2.75) is 31.9 Å². The Kier molecular flexibility index (Phi) is 4.80. The third-order valence-corrected chi connectivity index (χ3v) is 3.64. The lowest BCUT2D eigenvalue weighted by atomic mass is 9.94. The molecule has 3 N–H and O–H groups in total. The molecule has 4 nitrogen and oxygen atoms in total. The fourth-order valence-corrected chi connectivity index (χ4v) is 2.39. The van der Waals surface area contributed by atoms with Gasteiger partial charge in [0.25, 0.3) is 0 Å². The van der Waals surface area contributed by atoms with Crippen molar-refractivity contribution in [3.8, 4) is 5.75 Å². The molecule has 4 heteroatoms. The molecule has 1 heterocycles. The molecule has 106 valence electrons. The highest BCUT2D eigenvalue weighted by molar-refractivity contribution is 5.41. The molecule has 1 aromatic carbocycles. The van der Waals surface area contributed by atoms with Gasteiger partial charge in [0.05, 0.1) is 25.9 Å². The maximum atomic E-state index is 6.37. The van der Waals surface area contributed by atoms with E-state index in [1.807, 2.05) is 6.07 Å². The van der Waals surface area contributed by atoms with Gasteiger partial charge in [0.1, 0.15) is 5.75 Å². The van der Waals surface area contributed by atoms with Crippen LogP contribution in [0.3, 0.4) is 0 Å². The van der Waals surface area contributed by atoms with Crippen molar-refractivity contribution in [1.82, 2.24) is 5.32 Å². The largest absolute Gasteiger partial charge is 0.496 e. The van der Waals surface area contributed by atoms with Gasteiger partial charge in [0.2, 0.25) is 0 Å². The Morgan fingerprint density at radius 3 is 2.79 bits per heavy atom. The van der Waals surface area contributed by atoms with Gasteiger partial charge in [-0.25, -0.2) is 0 Å². The first-order valence-electron chi connectivity index (χ1n) is 6.89. The van der Waals surface area contributed by atoms with Crippen molar-refractivity contribution < 1.29 is 9.47 Å². The number of hydrogen-bond acceptors (Lipinski definition) is 4. The van der Waals surface area contributed by atoms with E-state index in [-0.39, 0.29) is 12.1 Å². The predicted octanol–water partition coefficient (Wildman–Crippen LogP) is 1.81. The van der Waals surface area contributed by atoms with Crippen LogP contribution in [0, 0.1) is 0 Å². The van der Waals surface area contributed by atoms with E-state index in [9.17, 15) is 0 Å². The summed E-state index contributed by atoms with van der Waals surface area (Å²) >= 11 is 0. The lowest BCUT2D eigenvalue weighted by Crippen LogP contribution is -2.44. The summed E-state index contributed by atoms with van der Waals surface area (Å²) in [7, 11) is 1.68. The number of morpholine rings is 1. The van der Waals surface area contributed by atoms with E-state index in [2.05, 4.69) is 31.3 Å². The standard InChI is InChI=1S/C15H24N2O2/c1-10(2)11-4-5-13(18-3)12(8-11)15(16)14-9-17-6-7-19-14/h4-5,8,10,14-15,17H,6-7,9,16H2,1-3H3. The minimum absolute atomic E-state index is 0.00469. The Morgan fingerprint density at radius 2 is 2.21 bits per heavy atom. The second-order valence-electron chi connectivity index (χ2n) is 5.30. The van der Waals surface area contributed by atoms with Gasteiger partial charge in [-0.1, -0.05) is 26.0 Å². The Hall–Kier alpha value is -1.10. The molecule has 0 aromatic heterocycles. The smallest absolute Gasteiger partial charge is 0.123 e. The van der Waals surface area contributed by atoms with Crippen LogP contribution in [0.5, 0.6) is 5.75 Å². The highest BCUT2D eigenvalue weighted by Gasteiger charge is 2.25. The molecule has 0 amide bonds. The molecule has 1 aliphatic rings. The van der Waals surface area contributed by atoms with Crippen molar-refractivity contribution in [2.24, 2.45) is 5.73 Å². The van der Waals surface area contributed by atoms with Crippen molar-refractivity contribution in [2.75, 3.05) is 26.8 Å². The topological polar surface area (TPSA) is 56.5 Å². The number of nitrogens with one attached hydrogen (secondary N) is 1. The number of nitrogens with two attached hydrogens (primary N) is 1. The van der Waals surface area contributed by atoms with Crippen molar-refractivity contribution in [1.29, 1.82) is 0 Å². The van der Waals surface area contributed by atoms with Crippen molar-refractivity contribution >= 4 is 0 Å². The van der Waals surface area contributed by atoms with Gasteiger partial charge in [-0.3, -0.25) is 0 Å². The van der Waals surface area contributed by atoms with Crippen LogP contribution in [0.2, 0.25) is 0 Å². The molecule has 0 radical (unpaired) electrons. The molecule has 0 saturated carbocycles. The zero-order valence-electron chi connectivity index (χ0n) is 12.0. The number of hydrogen-bond donors (Lipinski definition) is 2. The normalized spacial score (nSPS) is 21.4. The zero-order chi connectivity index (χ0) is 13.8. The molecule has 2 atom stereocenters. The first-order valence-corrected chi connectivity index (χ1v) is 6.89. The van der Waals surface area contributed by atoms with Gasteiger partial charge in [-0.2, -0.15) is 0 Å². The van der Waals surface area contributed by atoms with Gasteiger partial charge in [0.15, 0.2) is 0 Å². The number of methoxy groups -OCH3 is 1. The molecule has 0 spiro atoms. The molecule has 2 unspecified atom stereocenters. The fourth-order valence-electron chi connectivity index (χ4n) is 2.39. The van der Waals surface area contributed by atoms with Crippen LogP contribution in [-0.4, -0.2) is 32.9 Å². The van der Waals surface area contributed by atoms with Gasteiger partial charge in [-0.15, -0.1) is 0 Å². The van der Waals surface area contributed by atoms with Crippen molar-refractivity contribution in [3.05, 3.63) is 29.3 Å². The maximum absolute atomic E-state index is 6.37. The molecular formula is C15H24N2O2. The number of rotatable bonds is 4. The molecule has 0 aliphatic carbocycles. The summed E-state index contributed by atoms with van der Waals surface area (Å²) < 4.78 is 11.2. The molecule has 1 fully saturated rings. The first-order chi connectivity index (χ1) is 9.13. The SMILES string of the molecule is COc1ccc(C(C)C)cc1C(N)C1CNCCO1. The first kappa shape index (κ1) is 14.3. The fraction of sp³-hybridized carbons (Fsp3) is 0.600. The second kappa shape index (κ2) is 6.37. The Morgan fingerprint density at radius 1 is 1.42 bits per heavy atom. The Balaban J connectivity index is 2.27. The average Bonchev–Trinajstić information content (AvgIpc) is 2.46. The van der Waals surface area contributed by atoms with E-state index < -0.39 is 0 Å². The highest BCUT2D eigenvalue weighted by Crippen LogP contribution is 2.30. The van der Waals surface area contributed by atoms with Crippen LogP contribution in [0.4, 0.5) is 0 Å². The zero-order valence-corrected chi connectivity index (χ0v) is 12.0. The monoisotopic (exact) mass is 264 g/mol. The summed E-state index contributed by atoms with van der Waals surface area (Å²) in [6.07, 6.45) is 0.00469. The Bertz CT molecular complexity index is 415. The lowest BCUT2D eigenvalue weighted by molar-refractivity contribution is 0.0118. The van der Waals surface area contributed by atoms with E-state index in [4.69, 9.17) is 15.2 Å². The highest BCUT2D eigenvalue weighted by atomic mass is 16.5. The van der Waals surface area contributed by atoms with Gasteiger partial charge in [0, 0.05) is 18.7 Å². The second-order valence-corrected chi connectivity index (χ2v) is 5.30. The summed E-state index contributed by atoms with van der Waals surface area (Å²) in [4.78, 5) is 0. The third-order valence-electron chi connectivity index (χ3n) is 3.64. The quantitative estimate of drug-likeness (QED) is 0.871. The van der Waals surface area contributed by atoms with Gasteiger partial charge >= 0.3 is 0 Å². The van der Waals surface area contributed by atoms with Crippen LogP contribution < -0.4 is 15.8 Å². The predicted molar refractivity (Wildman–Crippen MR) is 76.6 cm³/mol. The van der Waals surface area contributed by atoms with E-state index in [0.717, 1.165) is 24.4 Å². The molecular weight excluding hydrogens is 240 g/mol. The minimum Gasteiger partial charge on any atom is -0.496 e. The molecule has 0 bridgehead atoms. The van der Waals surface area contributed by atoms with Crippen LogP contribution in [0.25, 0.3) is 0 Å². The van der Waals surface area contributed by atoms with Gasteiger partial charge in [-0.05, 0) is 17.5 Å². The summed E-state index contributed by atoms with van der Waals surface area (Å²) in [5.41, 5.74) is 8.67. The van der Waals surface area contributed by atoms with Gasteiger partial charge < -0.3 is 20.5 Å². The average molecular weight is 264 g/mol. The van der Waals surface area contributed by atoms with E-state index in [1.165, 1.54) is 5.56 Å². The summed E-state index contributed by atoms with van der Waals surface area (Å²) in [6.45, 7) is 6.75. The van der Waals surface area contributed by atoms with Crippen LogP contribution in [0.1, 0.15) is 36.9 Å². The van der Waals surface area contributed by atoms with Crippen LogP contribution >= 0.6 is 0 Å². The van der Waals surface area contributed by atoms with Crippen LogP contribution in [0.15, 0.2) is 18.2 Å². The summed E-state index contributed by atoms with van der Waals surface area (Å²) in [6, 6.07) is 6.08. The minimum atomic E-state index is -0.165. The van der Waals surface area contributed by atoms with Crippen molar-refractivity contribution in [3.63, 3.8) is 0 Å². The number of benzene rings is 1. The van der Waals surface area contributed by atoms with E-state index in [0.29, 0.717) is 12.5 Å². The third kappa shape index (κ3) is 3.26. The molecule has 2 rings (SSSR count). The molecule has 19 heavy (non-hydrogen) atoms. The number of ether oxygens (including phenoxy) is 2. The van der Waals surface area contributed by atoms with E-state index in [1.54, 1.807) is 7.11 Å². The van der Waals surface area contributed by atoms with E-state index >= 15 is 0 Å². The lowest BCUT2D eigenvalue weighted by Gasteiger charge is -2.30. The summed E-state index contributed by atoms with van der Waals surface area (Å²) in [5.74, 6) is 1.31. The summed E-state index contributed by atoms with van der Waals surface area (Å²) in [5, 5.41) is 3.31. The molecule has 1 aliphatic heterocycles. The van der Waals surface area contributed by atoms with Crippen LogP contribution in [-0.2, 0) is 4.74 Å². The maximum Gasteiger partial charge on any atom is 0.123 e. The Labute approximate surface area is 115 Å². The molecule has 1 saturated heterocycles. The molecule has 1 aromatic rings.